The van der Waals surface area contributed by atoms with Crippen molar-refractivity contribution >= 4 is 30.9 Å². The van der Waals surface area contributed by atoms with Gasteiger partial charge in [0.15, 0.2) is 5.43 Å². The first kappa shape index (κ1) is 25.8. The fraction of sp³-hybridized carbons (Fsp3) is 0.700. The number of piperazine rings is 1. The maximum Gasteiger partial charge on any atom is 0.409 e. The number of nitrogens with zero attached hydrogens (tertiary/aromatic N) is 3. The molecule has 2 saturated heterocycles. The highest BCUT2D eigenvalue weighted by Crippen LogP contribution is 2.20. The van der Waals surface area contributed by atoms with E-state index >= 15 is 0 Å². The molecule has 2 fully saturated rings. The zero-order valence-electron chi connectivity index (χ0n) is 17.6. The Morgan fingerprint density at radius 2 is 1.86 bits per heavy atom. The summed E-state index contributed by atoms with van der Waals surface area (Å²) in [7, 11) is 0. The SMILES string of the molecule is CCOC(=O)N1CCN(C2CCCN(Cc3[nH]cc(C)c(=O)c3C)C2)CC1.Cl.Cl. The first-order valence-corrected chi connectivity index (χ1v) is 10.1. The number of rotatable bonds is 4. The summed E-state index contributed by atoms with van der Waals surface area (Å²) in [4.78, 5) is 34.1. The molecule has 2 aliphatic rings. The van der Waals surface area contributed by atoms with Crippen molar-refractivity contribution in [2.45, 2.75) is 46.2 Å². The van der Waals surface area contributed by atoms with E-state index in [1.54, 1.807) is 4.90 Å². The standard InChI is InChI=1S/C20H32N4O3.2ClH/c1-4-27-20(26)24-10-8-23(9-11-24)17-6-5-7-22(13-17)14-18-16(3)19(25)15(2)12-21-18;;/h12,17H,4-11,13-14H2,1-3H3,(H,21,25);2*1H. The molecule has 2 aliphatic heterocycles. The highest BCUT2D eigenvalue weighted by atomic mass is 35.5. The molecule has 0 saturated carbocycles. The van der Waals surface area contributed by atoms with Gasteiger partial charge in [-0.1, -0.05) is 0 Å². The average Bonchev–Trinajstić information content (AvgIpc) is 2.69. The van der Waals surface area contributed by atoms with Crippen molar-refractivity contribution in [3.8, 4) is 0 Å². The third-order valence-corrected chi connectivity index (χ3v) is 5.83. The van der Waals surface area contributed by atoms with Crippen molar-refractivity contribution in [3.05, 3.63) is 33.2 Å². The summed E-state index contributed by atoms with van der Waals surface area (Å²) in [6.07, 6.45) is 3.99. The predicted molar refractivity (Wildman–Crippen MR) is 119 cm³/mol. The molecule has 29 heavy (non-hydrogen) atoms. The molecule has 0 aromatic carbocycles. The molecule has 0 spiro atoms. The Bertz CT molecular complexity index is 720. The molecule has 3 rings (SSSR count). The first-order chi connectivity index (χ1) is 13.0. The minimum atomic E-state index is -0.193. The van der Waals surface area contributed by atoms with E-state index in [-0.39, 0.29) is 36.3 Å². The van der Waals surface area contributed by atoms with Gasteiger partial charge in [0.1, 0.15) is 0 Å². The number of aryl methyl sites for hydroxylation is 1. The van der Waals surface area contributed by atoms with E-state index in [0.29, 0.717) is 12.6 Å². The Hall–Kier alpha value is -1.28. The van der Waals surface area contributed by atoms with Crippen LogP contribution in [-0.2, 0) is 11.3 Å². The van der Waals surface area contributed by atoms with Crippen LogP contribution in [0.4, 0.5) is 4.79 Å². The van der Waals surface area contributed by atoms with Gasteiger partial charge in [0.2, 0.25) is 0 Å². The lowest BCUT2D eigenvalue weighted by atomic mass is 10.0. The average molecular weight is 449 g/mol. The molecule has 1 unspecified atom stereocenters. The fourth-order valence-corrected chi connectivity index (χ4v) is 4.15. The van der Waals surface area contributed by atoms with Crippen LogP contribution in [0.25, 0.3) is 0 Å². The van der Waals surface area contributed by atoms with Gasteiger partial charge < -0.3 is 14.6 Å². The zero-order chi connectivity index (χ0) is 19.4. The van der Waals surface area contributed by atoms with Crippen LogP contribution in [0.5, 0.6) is 0 Å². The quantitative estimate of drug-likeness (QED) is 0.766. The van der Waals surface area contributed by atoms with E-state index in [2.05, 4.69) is 14.8 Å². The lowest BCUT2D eigenvalue weighted by molar-refractivity contribution is 0.0409. The third-order valence-electron chi connectivity index (χ3n) is 5.83. The molecular formula is C20H34Cl2N4O3. The number of likely N-dealkylation sites (tertiary alicyclic amines) is 1. The predicted octanol–water partition coefficient (Wildman–Crippen LogP) is 2.57. The van der Waals surface area contributed by atoms with Crippen molar-refractivity contribution < 1.29 is 9.53 Å². The van der Waals surface area contributed by atoms with Crippen LogP contribution < -0.4 is 5.43 Å². The second-order valence-electron chi connectivity index (χ2n) is 7.66. The first-order valence-electron chi connectivity index (χ1n) is 10.1. The summed E-state index contributed by atoms with van der Waals surface area (Å²) in [6, 6.07) is 0.514. The van der Waals surface area contributed by atoms with Crippen molar-refractivity contribution in [2.75, 3.05) is 45.9 Å². The second kappa shape index (κ2) is 11.8. The maximum absolute atomic E-state index is 12.2. The molecular weight excluding hydrogens is 415 g/mol. The largest absolute Gasteiger partial charge is 0.450 e. The molecule has 1 aromatic heterocycles. The number of pyridine rings is 1. The van der Waals surface area contributed by atoms with Crippen molar-refractivity contribution in [1.82, 2.24) is 19.7 Å². The van der Waals surface area contributed by atoms with Crippen molar-refractivity contribution in [2.24, 2.45) is 0 Å². The van der Waals surface area contributed by atoms with Crippen LogP contribution >= 0.6 is 24.8 Å². The van der Waals surface area contributed by atoms with Gasteiger partial charge in [-0.05, 0) is 40.2 Å². The lowest BCUT2D eigenvalue weighted by Crippen LogP contribution is -2.55. The molecule has 0 bridgehead atoms. The van der Waals surface area contributed by atoms with Gasteiger partial charge in [-0.3, -0.25) is 14.6 Å². The molecule has 1 amide bonds. The summed E-state index contributed by atoms with van der Waals surface area (Å²) >= 11 is 0. The number of H-pyrrole nitrogens is 1. The number of nitrogens with one attached hydrogen (secondary N) is 1. The normalized spacial score (nSPS) is 20.5. The van der Waals surface area contributed by atoms with Crippen LogP contribution in [0, 0.1) is 13.8 Å². The zero-order valence-corrected chi connectivity index (χ0v) is 19.2. The fourth-order valence-electron chi connectivity index (χ4n) is 4.15. The molecule has 7 nitrogen and oxygen atoms in total. The Balaban J connectivity index is 0.00000210. The van der Waals surface area contributed by atoms with Gasteiger partial charge in [0.05, 0.1) is 6.61 Å². The highest BCUT2D eigenvalue weighted by molar-refractivity contribution is 5.85. The molecule has 166 valence electrons. The van der Waals surface area contributed by atoms with E-state index in [4.69, 9.17) is 4.74 Å². The smallest absolute Gasteiger partial charge is 0.409 e. The number of carbonyl (C=O) groups is 1. The molecule has 1 N–H and O–H groups in total. The number of aromatic nitrogens is 1. The van der Waals surface area contributed by atoms with Crippen LogP contribution in [-0.4, -0.2) is 77.7 Å². The Kier molecular flexibility index (Phi) is 10.5. The lowest BCUT2D eigenvalue weighted by Gasteiger charge is -2.43. The highest BCUT2D eigenvalue weighted by Gasteiger charge is 2.30. The number of ether oxygens (including phenoxy) is 1. The number of piperidine rings is 1. The molecule has 1 aromatic rings. The number of carbonyl (C=O) groups excluding carboxylic acids is 1. The number of amides is 1. The van der Waals surface area contributed by atoms with Crippen molar-refractivity contribution in [1.29, 1.82) is 0 Å². The van der Waals surface area contributed by atoms with Gasteiger partial charge in [-0.15, -0.1) is 24.8 Å². The van der Waals surface area contributed by atoms with Gasteiger partial charge >= 0.3 is 6.09 Å². The molecule has 0 aliphatic carbocycles. The molecule has 9 heteroatoms. The Morgan fingerprint density at radius 1 is 1.17 bits per heavy atom. The number of halogens is 2. The number of hydrogen-bond donors (Lipinski definition) is 1. The summed E-state index contributed by atoms with van der Waals surface area (Å²) < 4.78 is 5.11. The Labute approximate surface area is 185 Å². The van der Waals surface area contributed by atoms with Gasteiger partial charge in [-0.25, -0.2) is 4.79 Å². The summed E-state index contributed by atoms with van der Waals surface area (Å²) in [5.74, 6) is 0. The summed E-state index contributed by atoms with van der Waals surface area (Å²) in [6.45, 7) is 12.2. The monoisotopic (exact) mass is 448 g/mol. The van der Waals surface area contributed by atoms with E-state index in [9.17, 15) is 9.59 Å². The molecule has 0 radical (unpaired) electrons. The van der Waals surface area contributed by atoms with Crippen LogP contribution in [0.3, 0.4) is 0 Å². The minimum Gasteiger partial charge on any atom is -0.450 e. The van der Waals surface area contributed by atoms with Crippen molar-refractivity contribution in [3.63, 3.8) is 0 Å². The van der Waals surface area contributed by atoms with E-state index in [1.807, 2.05) is 27.0 Å². The molecule has 1 atom stereocenters. The van der Waals surface area contributed by atoms with Gasteiger partial charge in [0.25, 0.3) is 0 Å². The number of hydrogen-bond acceptors (Lipinski definition) is 5. The second-order valence-corrected chi connectivity index (χ2v) is 7.66. The van der Waals surface area contributed by atoms with E-state index in [0.717, 1.165) is 69.1 Å². The van der Waals surface area contributed by atoms with Crippen LogP contribution in [0.2, 0.25) is 0 Å². The Morgan fingerprint density at radius 3 is 2.52 bits per heavy atom. The maximum atomic E-state index is 12.2. The minimum absolute atomic E-state index is 0. The number of aromatic amines is 1. The van der Waals surface area contributed by atoms with E-state index < -0.39 is 0 Å². The van der Waals surface area contributed by atoms with Crippen LogP contribution in [0.1, 0.15) is 36.6 Å². The third kappa shape index (κ3) is 6.35. The van der Waals surface area contributed by atoms with Gasteiger partial charge in [0, 0.05) is 68.3 Å². The molecule has 3 heterocycles. The van der Waals surface area contributed by atoms with Gasteiger partial charge in [-0.2, -0.15) is 0 Å². The summed E-state index contributed by atoms with van der Waals surface area (Å²) in [5.41, 5.74) is 2.78. The van der Waals surface area contributed by atoms with E-state index in [1.165, 1.54) is 6.42 Å². The topological polar surface area (TPSA) is 68.9 Å². The van der Waals surface area contributed by atoms with Crippen LogP contribution in [0.15, 0.2) is 11.0 Å². The summed E-state index contributed by atoms with van der Waals surface area (Å²) in [5, 5.41) is 0.